The van der Waals surface area contributed by atoms with Gasteiger partial charge in [-0.3, -0.25) is 9.78 Å². The van der Waals surface area contributed by atoms with Gasteiger partial charge >= 0.3 is 0 Å². The molecule has 0 atom stereocenters. The molecule has 1 aromatic carbocycles. The average Bonchev–Trinajstić information content (AvgIpc) is 2.62. The van der Waals surface area contributed by atoms with Crippen molar-refractivity contribution in [3.63, 3.8) is 0 Å². The number of aromatic nitrogens is 4. The Morgan fingerprint density at radius 1 is 1.21 bits per heavy atom. The normalized spacial score (nSPS) is 14.0. The Morgan fingerprint density at radius 3 is 2.88 bits per heavy atom. The number of aryl methyl sites for hydroxylation is 1. The van der Waals surface area contributed by atoms with E-state index in [1.807, 2.05) is 31.2 Å². The van der Waals surface area contributed by atoms with Crippen molar-refractivity contribution in [3.05, 3.63) is 58.1 Å². The molecule has 2 aromatic heterocycles. The zero-order valence-electron chi connectivity index (χ0n) is 13.6. The fraction of sp³-hybridized carbons (Fsp3) is 0.333. The third-order valence-electron chi connectivity index (χ3n) is 4.34. The minimum atomic E-state index is -0.0259. The van der Waals surface area contributed by atoms with Gasteiger partial charge in [0, 0.05) is 37.7 Å². The fourth-order valence-electron chi connectivity index (χ4n) is 3.11. The van der Waals surface area contributed by atoms with E-state index >= 15 is 0 Å². The van der Waals surface area contributed by atoms with E-state index in [0.29, 0.717) is 13.1 Å². The second-order valence-electron chi connectivity index (χ2n) is 6.07. The van der Waals surface area contributed by atoms with Crippen molar-refractivity contribution in [2.24, 2.45) is 0 Å². The third kappa shape index (κ3) is 2.64. The Balaban J connectivity index is 1.65. The summed E-state index contributed by atoms with van der Waals surface area (Å²) in [5.41, 5.74) is 3.77. The van der Waals surface area contributed by atoms with Gasteiger partial charge < -0.3 is 4.90 Å². The van der Waals surface area contributed by atoms with Crippen LogP contribution in [0.5, 0.6) is 0 Å². The van der Waals surface area contributed by atoms with Gasteiger partial charge in [0.1, 0.15) is 5.82 Å². The van der Waals surface area contributed by atoms with E-state index in [-0.39, 0.29) is 5.56 Å². The van der Waals surface area contributed by atoms with Crippen LogP contribution in [0.25, 0.3) is 11.0 Å². The Kier molecular flexibility index (Phi) is 3.72. The summed E-state index contributed by atoms with van der Waals surface area (Å²) in [6, 6.07) is 9.57. The largest absolute Gasteiger partial charge is 0.351 e. The second-order valence-corrected chi connectivity index (χ2v) is 6.07. The van der Waals surface area contributed by atoms with E-state index in [4.69, 9.17) is 4.98 Å². The molecule has 3 heterocycles. The van der Waals surface area contributed by atoms with Gasteiger partial charge in [-0.2, -0.15) is 5.10 Å². The highest BCUT2D eigenvalue weighted by molar-refractivity contribution is 5.75. The molecule has 1 aliphatic rings. The molecule has 122 valence electrons. The second kappa shape index (κ2) is 6.03. The Bertz CT molecular complexity index is 950. The molecule has 0 amide bonds. The first-order valence-corrected chi connectivity index (χ1v) is 8.31. The molecule has 0 bridgehead atoms. The minimum absolute atomic E-state index is 0.0259. The highest BCUT2D eigenvalue weighted by Crippen LogP contribution is 2.22. The van der Waals surface area contributed by atoms with Gasteiger partial charge in [-0.15, -0.1) is 0 Å². The summed E-state index contributed by atoms with van der Waals surface area (Å²) in [6.45, 7) is 4.20. The molecular formula is C18H19N5O. The lowest BCUT2D eigenvalue weighted by atomic mass is 10.1. The molecule has 0 aliphatic carbocycles. The molecule has 0 saturated heterocycles. The Hall–Kier alpha value is -2.76. The highest BCUT2D eigenvalue weighted by Gasteiger charge is 2.20. The maximum Gasteiger partial charge on any atom is 0.267 e. The molecule has 4 rings (SSSR count). The summed E-state index contributed by atoms with van der Waals surface area (Å²) in [5.74, 6) is 0.845. The van der Waals surface area contributed by atoms with Crippen LogP contribution in [-0.4, -0.2) is 26.3 Å². The summed E-state index contributed by atoms with van der Waals surface area (Å²) in [7, 11) is 0. The van der Waals surface area contributed by atoms with Crippen molar-refractivity contribution in [1.82, 2.24) is 19.7 Å². The maximum atomic E-state index is 12.2. The molecule has 6 nitrogen and oxygen atoms in total. The van der Waals surface area contributed by atoms with Crippen LogP contribution in [0.1, 0.15) is 24.6 Å². The van der Waals surface area contributed by atoms with Gasteiger partial charge in [-0.25, -0.2) is 9.67 Å². The Labute approximate surface area is 139 Å². The van der Waals surface area contributed by atoms with Crippen LogP contribution in [-0.2, 0) is 19.5 Å². The lowest BCUT2D eigenvalue weighted by Crippen LogP contribution is -2.35. The van der Waals surface area contributed by atoms with Crippen LogP contribution < -0.4 is 10.5 Å². The zero-order valence-corrected chi connectivity index (χ0v) is 13.6. The van der Waals surface area contributed by atoms with Crippen molar-refractivity contribution >= 4 is 16.9 Å². The summed E-state index contributed by atoms with van der Waals surface area (Å²) >= 11 is 0. The number of para-hydroxylation sites is 2. The van der Waals surface area contributed by atoms with Crippen molar-refractivity contribution in [3.8, 4) is 0 Å². The summed E-state index contributed by atoms with van der Waals surface area (Å²) in [4.78, 5) is 23.5. The first-order chi connectivity index (χ1) is 11.7. The standard InChI is InChI=1S/C18H19N5O/c1-2-8-23-18(24)10-13-12-22(9-7-14(13)21-23)17-11-19-15-5-3-4-6-16(15)20-17/h3-6,10-11H,2,7-9,12H2,1H3. The molecule has 1 aliphatic heterocycles. The van der Waals surface area contributed by atoms with E-state index in [9.17, 15) is 4.79 Å². The number of anilines is 1. The molecule has 3 aromatic rings. The van der Waals surface area contributed by atoms with Crippen LogP contribution in [0.3, 0.4) is 0 Å². The fourth-order valence-corrected chi connectivity index (χ4v) is 3.11. The van der Waals surface area contributed by atoms with Crippen LogP contribution in [0.15, 0.2) is 41.3 Å². The van der Waals surface area contributed by atoms with Crippen LogP contribution in [0.2, 0.25) is 0 Å². The molecule has 0 radical (unpaired) electrons. The number of fused-ring (bicyclic) bond motifs is 2. The SMILES string of the molecule is CCCn1nc2c(cc1=O)CN(c1cnc3ccccc3n1)CC2. The topological polar surface area (TPSA) is 63.9 Å². The predicted molar refractivity (Wildman–Crippen MR) is 93.1 cm³/mol. The molecule has 0 saturated carbocycles. The summed E-state index contributed by atoms with van der Waals surface area (Å²) in [6.07, 6.45) is 3.53. The number of benzene rings is 1. The van der Waals surface area contributed by atoms with E-state index in [0.717, 1.165) is 47.5 Å². The predicted octanol–water partition coefficient (Wildman–Crippen LogP) is 2.16. The number of hydrogen-bond donors (Lipinski definition) is 0. The van der Waals surface area contributed by atoms with Crippen molar-refractivity contribution in [1.29, 1.82) is 0 Å². The monoisotopic (exact) mass is 321 g/mol. The van der Waals surface area contributed by atoms with Crippen molar-refractivity contribution < 1.29 is 0 Å². The summed E-state index contributed by atoms with van der Waals surface area (Å²) in [5, 5.41) is 4.52. The number of nitrogens with zero attached hydrogens (tertiary/aromatic N) is 5. The smallest absolute Gasteiger partial charge is 0.267 e. The van der Waals surface area contributed by atoms with Crippen molar-refractivity contribution in [2.45, 2.75) is 32.9 Å². The van der Waals surface area contributed by atoms with Crippen LogP contribution in [0.4, 0.5) is 5.82 Å². The molecule has 0 fully saturated rings. The van der Waals surface area contributed by atoms with E-state index in [1.54, 1.807) is 16.9 Å². The van der Waals surface area contributed by atoms with Gasteiger partial charge in [-0.05, 0) is 18.6 Å². The minimum Gasteiger partial charge on any atom is -0.351 e. The average molecular weight is 321 g/mol. The summed E-state index contributed by atoms with van der Waals surface area (Å²) < 4.78 is 1.57. The van der Waals surface area contributed by atoms with Gasteiger partial charge in [0.25, 0.3) is 5.56 Å². The van der Waals surface area contributed by atoms with Crippen LogP contribution in [0, 0.1) is 0 Å². The Morgan fingerprint density at radius 2 is 2.04 bits per heavy atom. The molecule has 0 N–H and O–H groups in total. The molecule has 24 heavy (non-hydrogen) atoms. The van der Waals surface area contributed by atoms with Crippen LogP contribution >= 0.6 is 0 Å². The molecule has 0 unspecified atom stereocenters. The quantitative estimate of drug-likeness (QED) is 0.740. The van der Waals surface area contributed by atoms with Crippen molar-refractivity contribution in [2.75, 3.05) is 11.4 Å². The van der Waals surface area contributed by atoms with Gasteiger partial charge in [0.15, 0.2) is 0 Å². The van der Waals surface area contributed by atoms with E-state index < -0.39 is 0 Å². The van der Waals surface area contributed by atoms with Gasteiger partial charge in [-0.1, -0.05) is 19.1 Å². The molecular weight excluding hydrogens is 302 g/mol. The third-order valence-corrected chi connectivity index (χ3v) is 4.34. The lowest BCUT2D eigenvalue weighted by molar-refractivity contribution is 0.539. The molecule has 0 spiro atoms. The van der Waals surface area contributed by atoms with E-state index in [1.165, 1.54) is 0 Å². The first-order valence-electron chi connectivity index (χ1n) is 8.31. The maximum absolute atomic E-state index is 12.2. The van der Waals surface area contributed by atoms with Gasteiger partial charge in [0.2, 0.25) is 0 Å². The number of hydrogen-bond acceptors (Lipinski definition) is 5. The lowest BCUT2D eigenvalue weighted by Gasteiger charge is -2.29. The zero-order chi connectivity index (χ0) is 16.5. The first kappa shape index (κ1) is 14.8. The van der Waals surface area contributed by atoms with E-state index in [2.05, 4.69) is 15.0 Å². The molecule has 6 heteroatoms. The number of rotatable bonds is 3. The van der Waals surface area contributed by atoms with Gasteiger partial charge in [0.05, 0.1) is 22.9 Å². The highest BCUT2D eigenvalue weighted by atomic mass is 16.1.